The van der Waals surface area contributed by atoms with Gasteiger partial charge in [-0.2, -0.15) is 0 Å². The molecule has 0 spiro atoms. The Bertz CT molecular complexity index is 482. The molecule has 19 heavy (non-hydrogen) atoms. The second kappa shape index (κ2) is 6.36. The van der Waals surface area contributed by atoms with Crippen molar-refractivity contribution in [1.82, 2.24) is 5.32 Å². The topological polar surface area (TPSA) is 66.4 Å². The van der Waals surface area contributed by atoms with E-state index in [2.05, 4.69) is 5.32 Å². The largest absolute Gasteiger partial charge is 0.480 e. The van der Waals surface area contributed by atoms with E-state index in [1.807, 2.05) is 39.8 Å². The SMILES string of the molecule is CCC(C)C(NC(=O)c1ccc(C)cc1C)C(=O)O. The molecule has 1 amide bonds. The van der Waals surface area contributed by atoms with Gasteiger partial charge < -0.3 is 10.4 Å². The fraction of sp³-hybridized carbons (Fsp3) is 0.467. The van der Waals surface area contributed by atoms with Crippen molar-refractivity contribution in [3.63, 3.8) is 0 Å². The average molecular weight is 263 g/mol. The summed E-state index contributed by atoms with van der Waals surface area (Å²) in [5, 5.41) is 11.8. The highest BCUT2D eigenvalue weighted by molar-refractivity contribution is 5.97. The van der Waals surface area contributed by atoms with Crippen LogP contribution in [0.1, 0.15) is 41.8 Å². The molecule has 4 heteroatoms. The molecule has 1 aromatic carbocycles. The fourth-order valence-corrected chi connectivity index (χ4v) is 1.97. The maximum Gasteiger partial charge on any atom is 0.326 e. The van der Waals surface area contributed by atoms with E-state index in [-0.39, 0.29) is 11.8 Å². The summed E-state index contributed by atoms with van der Waals surface area (Å²) in [6.45, 7) is 7.53. The zero-order valence-electron chi connectivity index (χ0n) is 11.9. The highest BCUT2D eigenvalue weighted by Gasteiger charge is 2.26. The number of benzene rings is 1. The van der Waals surface area contributed by atoms with Crippen LogP contribution in [-0.4, -0.2) is 23.0 Å². The van der Waals surface area contributed by atoms with Gasteiger partial charge >= 0.3 is 5.97 Å². The molecule has 1 aromatic rings. The molecule has 1 rings (SSSR count). The summed E-state index contributed by atoms with van der Waals surface area (Å²) in [4.78, 5) is 23.3. The zero-order chi connectivity index (χ0) is 14.6. The van der Waals surface area contributed by atoms with Gasteiger partial charge in [0.25, 0.3) is 5.91 Å². The first kappa shape index (κ1) is 15.2. The second-order valence-corrected chi connectivity index (χ2v) is 4.99. The number of aliphatic carboxylic acids is 1. The number of carbonyl (C=O) groups excluding carboxylic acids is 1. The van der Waals surface area contributed by atoms with Gasteiger partial charge in [0.05, 0.1) is 0 Å². The minimum absolute atomic E-state index is 0.104. The Morgan fingerprint density at radius 3 is 2.42 bits per heavy atom. The summed E-state index contributed by atoms with van der Waals surface area (Å²) in [5.74, 6) is -1.43. The molecule has 2 atom stereocenters. The van der Waals surface area contributed by atoms with Crippen LogP contribution in [0.3, 0.4) is 0 Å². The predicted octanol–water partition coefficient (Wildman–Crippen LogP) is 2.53. The maximum atomic E-state index is 12.1. The molecule has 0 heterocycles. The molecule has 0 aliphatic rings. The van der Waals surface area contributed by atoms with E-state index in [4.69, 9.17) is 5.11 Å². The molecule has 0 aliphatic heterocycles. The lowest BCUT2D eigenvalue weighted by Crippen LogP contribution is -2.45. The van der Waals surface area contributed by atoms with E-state index in [1.54, 1.807) is 6.07 Å². The minimum atomic E-state index is -0.993. The van der Waals surface area contributed by atoms with E-state index in [1.165, 1.54) is 0 Å². The first-order valence-corrected chi connectivity index (χ1v) is 6.47. The van der Waals surface area contributed by atoms with Gasteiger partial charge in [0.1, 0.15) is 6.04 Å². The van der Waals surface area contributed by atoms with Crippen molar-refractivity contribution in [3.05, 3.63) is 34.9 Å². The second-order valence-electron chi connectivity index (χ2n) is 4.99. The number of aryl methyl sites for hydroxylation is 2. The van der Waals surface area contributed by atoms with E-state index < -0.39 is 12.0 Å². The Morgan fingerprint density at radius 2 is 1.95 bits per heavy atom. The molecule has 2 unspecified atom stereocenters. The minimum Gasteiger partial charge on any atom is -0.480 e. The highest BCUT2D eigenvalue weighted by Crippen LogP contribution is 2.13. The Balaban J connectivity index is 2.91. The normalized spacial score (nSPS) is 13.7. The number of carbonyl (C=O) groups is 2. The molecule has 0 aliphatic carbocycles. The fourth-order valence-electron chi connectivity index (χ4n) is 1.97. The molecular formula is C15H21NO3. The van der Waals surface area contributed by atoms with Gasteiger partial charge in [0.15, 0.2) is 0 Å². The van der Waals surface area contributed by atoms with Crippen molar-refractivity contribution in [1.29, 1.82) is 0 Å². The van der Waals surface area contributed by atoms with Gasteiger partial charge in [0.2, 0.25) is 0 Å². The number of amides is 1. The molecule has 0 aromatic heterocycles. The number of carboxylic acid groups (broad SMARTS) is 1. The third-order valence-corrected chi connectivity index (χ3v) is 3.39. The molecule has 2 N–H and O–H groups in total. The molecule has 0 radical (unpaired) electrons. The van der Waals surface area contributed by atoms with Crippen LogP contribution in [0.15, 0.2) is 18.2 Å². The first-order chi connectivity index (χ1) is 8.86. The lowest BCUT2D eigenvalue weighted by molar-refractivity contribution is -0.140. The average Bonchev–Trinajstić information content (AvgIpc) is 2.34. The monoisotopic (exact) mass is 263 g/mol. The molecular weight excluding hydrogens is 242 g/mol. The molecule has 0 bridgehead atoms. The maximum absolute atomic E-state index is 12.1. The predicted molar refractivity (Wildman–Crippen MR) is 74.3 cm³/mol. The van der Waals surface area contributed by atoms with Crippen LogP contribution in [0.4, 0.5) is 0 Å². The van der Waals surface area contributed by atoms with E-state index in [0.717, 1.165) is 11.1 Å². The summed E-state index contributed by atoms with van der Waals surface area (Å²) in [6.07, 6.45) is 0.699. The lowest BCUT2D eigenvalue weighted by Gasteiger charge is -2.20. The summed E-state index contributed by atoms with van der Waals surface area (Å²) < 4.78 is 0. The Morgan fingerprint density at radius 1 is 1.32 bits per heavy atom. The summed E-state index contributed by atoms with van der Waals surface area (Å²) in [6, 6.07) is 4.64. The molecule has 104 valence electrons. The van der Waals surface area contributed by atoms with E-state index >= 15 is 0 Å². The molecule has 4 nitrogen and oxygen atoms in total. The third-order valence-electron chi connectivity index (χ3n) is 3.39. The van der Waals surface area contributed by atoms with Gasteiger partial charge in [-0.05, 0) is 31.4 Å². The third kappa shape index (κ3) is 3.81. The standard InChI is InChI=1S/C15H21NO3/c1-5-10(3)13(15(18)19)16-14(17)12-7-6-9(2)8-11(12)4/h6-8,10,13H,5H2,1-4H3,(H,16,17)(H,18,19). The molecule has 0 fully saturated rings. The van der Waals surface area contributed by atoms with Crippen LogP contribution < -0.4 is 5.32 Å². The van der Waals surface area contributed by atoms with Crippen molar-refractivity contribution in [2.45, 2.75) is 40.2 Å². The van der Waals surface area contributed by atoms with Crippen molar-refractivity contribution in [2.24, 2.45) is 5.92 Å². The first-order valence-electron chi connectivity index (χ1n) is 6.47. The number of hydrogen-bond donors (Lipinski definition) is 2. The number of nitrogens with one attached hydrogen (secondary N) is 1. The van der Waals surface area contributed by atoms with Crippen molar-refractivity contribution >= 4 is 11.9 Å². The number of hydrogen-bond acceptors (Lipinski definition) is 2. The Hall–Kier alpha value is -1.84. The number of carboxylic acids is 1. The van der Waals surface area contributed by atoms with E-state index in [0.29, 0.717) is 12.0 Å². The van der Waals surface area contributed by atoms with Crippen LogP contribution >= 0.6 is 0 Å². The van der Waals surface area contributed by atoms with Crippen molar-refractivity contribution < 1.29 is 14.7 Å². The van der Waals surface area contributed by atoms with Crippen LogP contribution in [0.2, 0.25) is 0 Å². The van der Waals surface area contributed by atoms with Crippen LogP contribution in [0, 0.1) is 19.8 Å². The van der Waals surface area contributed by atoms with Crippen molar-refractivity contribution in [2.75, 3.05) is 0 Å². The zero-order valence-corrected chi connectivity index (χ0v) is 11.9. The Labute approximate surface area is 113 Å². The van der Waals surface area contributed by atoms with Crippen LogP contribution in [0.5, 0.6) is 0 Å². The summed E-state index contributed by atoms with van der Waals surface area (Å²) >= 11 is 0. The highest BCUT2D eigenvalue weighted by atomic mass is 16.4. The van der Waals surface area contributed by atoms with Crippen LogP contribution in [0.25, 0.3) is 0 Å². The van der Waals surface area contributed by atoms with E-state index in [9.17, 15) is 9.59 Å². The van der Waals surface area contributed by atoms with Gasteiger partial charge in [-0.25, -0.2) is 4.79 Å². The van der Waals surface area contributed by atoms with Gasteiger partial charge in [-0.1, -0.05) is 38.0 Å². The smallest absolute Gasteiger partial charge is 0.326 e. The summed E-state index contributed by atoms with van der Waals surface area (Å²) in [7, 11) is 0. The Kier molecular flexibility index (Phi) is 5.10. The van der Waals surface area contributed by atoms with Gasteiger partial charge in [0, 0.05) is 5.56 Å². The summed E-state index contributed by atoms with van der Waals surface area (Å²) in [5.41, 5.74) is 2.46. The quantitative estimate of drug-likeness (QED) is 0.858. The van der Waals surface area contributed by atoms with Gasteiger partial charge in [-0.15, -0.1) is 0 Å². The van der Waals surface area contributed by atoms with Crippen molar-refractivity contribution in [3.8, 4) is 0 Å². The molecule has 0 saturated heterocycles. The lowest BCUT2D eigenvalue weighted by atomic mass is 9.98. The van der Waals surface area contributed by atoms with Crippen LogP contribution in [-0.2, 0) is 4.79 Å². The van der Waals surface area contributed by atoms with Gasteiger partial charge in [-0.3, -0.25) is 4.79 Å². The molecule has 0 saturated carbocycles. The number of rotatable bonds is 5.